The van der Waals surface area contributed by atoms with E-state index in [-0.39, 0.29) is 5.90 Å². The Balaban J connectivity index is 2.15. The Morgan fingerprint density at radius 1 is 1.04 bits per heavy atom. The van der Waals surface area contributed by atoms with Gasteiger partial charge in [0.2, 0.25) is 11.7 Å². The van der Waals surface area contributed by atoms with Crippen molar-refractivity contribution in [3.63, 3.8) is 0 Å². The van der Waals surface area contributed by atoms with Gasteiger partial charge in [-0.2, -0.15) is 15.8 Å². The first-order chi connectivity index (χ1) is 13.5. The molecule has 6 heteroatoms. The maximum absolute atomic E-state index is 10.2. The predicted octanol–water partition coefficient (Wildman–Crippen LogP) is 4.40. The number of fused-ring (bicyclic) bond motifs is 2. The average molecular weight is 376 g/mol. The second-order valence-electron chi connectivity index (χ2n) is 7.59. The highest BCUT2D eigenvalue weighted by atomic mass is 16.7. The first-order valence-corrected chi connectivity index (χ1v) is 9.74. The van der Waals surface area contributed by atoms with Crippen LogP contribution in [0.15, 0.2) is 30.3 Å². The van der Waals surface area contributed by atoms with Crippen molar-refractivity contribution < 1.29 is 9.47 Å². The van der Waals surface area contributed by atoms with Gasteiger partial charge in [-0.1, -0.05) is 69.9 Å². The van der Waals surface area contributed by atoms with E-state index in [0.717, 1.165) is 25.7 Å². The molecule has 0 aromatic heterocycles. The minimum absolute atomic E-state index is 0.356. The molecule has 0 aliphatic carbocycles. The number of unbranched alkanes of at least 4 members (excludes halogenated alkanes) is 3. The van der Waals surface area contributed by atoms with Gasteiger partial charge in [0.05, 0.1) is 30.2 Å². The van der Waals surface area contributed by atoms with Crippen LogP contribution in [0.1, 0.15) is 51.5 Å². The summed E-state index contributed by atoms with van der Waals surface area (Å²) in [4.78, 5) is 0. The maximum Gasteiger partial charge on any atom is 0.243 e. The average Bonchev–Trinajstić information content (AvgIpc) is 2.89. The summed E-state index contributed by atoms with van der Waals surface area (Å²) < 4.78 is 12.3. The van der Waals surface area contributed by atoms with Crippen molar-refractivity contribution in [2.75, 3.05) is 0 Å². The van der Waals surface area contributed by atoms with Crippen molar-refractivity contribution in [3.8, 4) is 18.2 Å². The fourth-order valence-corrected chi connectivity index (χ4v) is 4.66. The Morgan fingerprint density at radius 2 is 1.71 bits per heavy atom. The molecule has 1 N–H and O–H groups in total. The fraction of sp³-hybridized carbons (Fsp3) is 0.545. The van der Waals surface area contributed by atoms with Crippen molar-refractivity contribution in [1.29, 1.82) is 21.2 Å². The van der Waals surface area contributed by atoms with Crippen molar-refractivity contribution >= 4 is 5.90 Å². The summed E-state index contributed by atoms with van der Waals surface area (Å²) in [7, 11) is 0. The number of ether oxygens (including phenoxy) is 2. The minimum Gasteiger partial charge on any atom is -0.443 e. The monoisotopic (exact) mass is 376 g/mol. The van der Waals surface area contributed by atoms with E-state index in [4.69, 9.17) is 14.9 Å². The van der Waals surface area contributed by atoms with E-state index < -0.39 is 28.6 Å². The highest BCUT2D eigenvalue weighted by molar-refractivity contribution is 5.89. The van der Waals surface area contributed by atoms with Crippen LogP contribution in [0.2, 0.25) is 0 Å². The van der Waals surface area contributed by atoms with Crippen LogP contribution < -0.4 is 0 Å². The third-order valence-electron chi connectivity index (χ3n) is 6.28. The molecule has 2 fully saturated rings. The quantitative estimate of drug-likeness (QED) is 0.739. The molecule has 0 spiro atoms. The summed E-state index contributed by atoms with van der Waals surface area (Å²) in [6, 6.07) is 15.5. The maximum atomic E-state index is 10.2. The molecule has 0 saturated carbocycles. The Kier molecular flexibility index (Phi) is 5.16. The third-order valence-corrected chi connectivity index (χ3v) is 6.28. The zero-order valence-electron chi connectivity index (χ0n) is 16.2. The molecule has 1 aromatic rings. The highest BCUT2D eigenvalue weighted by Crippen LogP contribution is 2.65. The fourth-order valence-electron chi connectivity index (χ4n) is 4.66. The first kappa shape index (κ1) is 19.9. The second kappa shape index (κ2) is 7.27. The SMILES string of the molecule is CCCCCCC1OC2(c3ccccc3)OC(=N)C(C#N)(C2C)C1(C#N)C#N. The number of nitrogens with one attached hydrogen (secondary N) is 1. The number of nitrogens with zero attached hydrogens (tertiary/aromatic N) is 3. The zero-order valence-corrected chi connectivity index (χ0v) is 16.2. The molecule has 0 radical (unpaired) electrons. The van der Waals surface area contributed by atoms with E-state index in [9.17, 15) is 15.8 Å². The summed E-state index contributed by atoms with van der Waals surface area (Å²) in [6.07, 6.45) is 3.48. The normalized spacial score (nSPS) is 32.6. The summed E-state index contributed by atoms with van der Waals surface area (Å²) in [5.41, 5.74) is -2.79. The van der Waals surface area contributed by atoms with E-state index in [1.165, 1.54) is 0 Å². The van der Waals surface area contributed by atoms with Gasteiger partial charge in [0.15, 0.2) is 10.8 Å². The van der Waals surface area contributed by atoms with Crippen molar-refractivity contribution in [3.05, 3.63) is 35.9 Å². The van der Waals surface area contributed by atoms with Crippen LogP contribution in [0, 0.1) is 56.2 Å². The molecular weight excluding hydrogens is 352 g/mol. The van der Waals surface area contributed by atoms with Gasteiger partial charge in [-0.25, -0.2) is 0 Å². The Bertz CT molecular complexity index is 865. The van der Waals surface area contributed by atoms with Crippen molar-refractivity contribution in [1.82, 2.24) is 0 Å². The van der Waals surface area contributed by atoms with Gasteiger partial charge in [0, 0.05) is 5.56 Å². The van der Waals surface area contributed by atoms with Gasteiger partial charge in [-0.15, -0.1) is 0 Å². The number of rotatable bonds is 6. The number of nitriles is 3. The molecule has 3 rings (SSSR count). The Labute approximate surface area is 165 Å². The standard InChI is InChI=1S/C22H24N4O2/c1-3-4-5-9-12-18-20(13-23,14-24)21(15-25)16(2)22(27-18,28-19(21)26)17-10-7-6-8-11-17/h6-8,10-11,16,18,26H,3-5,9,12H2,1-2H3. The van der Waals surface area contributed by atoms with E-state index in [2.05, 4.69) is 25.1 Å². The van der Waals surface area contributed by atoms with Gasteiger partial charge in [0.25, 0.3) is 0 Å². The van der Waals surface area contributed by atoms with Crippen LogP contribution in [-0.2, 0) is 15.3 Å². The molecule has 2 aliphatic heterocycles. The summed E-state index contributed by atoms with van der Waals surface area (Å²) in [6.45, 7) is 3.84. The minimum atomic E-state index is -1.79. The lowest BCUT2D eigenvalue weighted by atomic mass is 9.53. The molecule has 144 valence electrons. The first-order valence-electron chi connectivity index (χ1n) is 9.74. The summed E-state index contributed by atoms with van der Waals surface area (Å²) in [5, 5.41) is 38.8. The molecule has 1 aromatic carbocycles. The number of hydrogen-bond donors (Lipinski definition) is 1. The van der Waals surface area contributed by atoms with Crippen LogP contribution in [0.5, 0.6) is 0 Å². The van der Waals surface area contributed by atoms with E-state index in [1.54, 1.807) is 6.92 Å². The van der Waals surface area contributed by atoms with E-state index in [1.807, 2.05) is 30.3 Å². The number of benzene rings is 1. The molecule has 2 saturated heterocycles. The molecule has 2 bridgehead atoms. The Morgan fingerprint density at radius 3 is 2.29 bits per heavy atom. The summed E-state index contributed by atoms with van der Waals surface area (Å²) >= 11 is 0. The lowest BCUT2D eigenvalue weighted by Crippen LogP contribution is -2.60. The largest absolute Gasteiger partial charge is 0.443 e. The third kappa shape index (κ3) is 2.37. The lowest BCUT2D eigenvalue weighted by molar-refractivity contribution is -0.286. The lowest BCUT2D eigenvalue weighted by Gasteiger charge is -2.48. The molecule has 28 heavy (non-hydrogen) atoms. The molecular formula is C22H24N4O2. The Hall–Kier alpha value is -2.88. The molecule has 2 heterocycles. The van der Waals surface area contributed by atoms with Gasteiger partial charge in [-0.3, -0.25) is 5.41 Å². The predicted molar refractivity (Wildman–Crippen MR) is 101 cm³/mol. The molecule has 4 unspecified atom stereocenters. The highest BCUT2D eigenvalue weighted by Gasteiger charge is 2.79. The van der Waals surface area contributed by atoms with Crippen LogP contribution in [0.4, 0.5) is 0 Å². The number of hydrogen-bond acceptors (Lipinski definition) is 6. The van der Waals surface area contributed by atoms with Gasteiger partial charge in [-0.05, 0) is 6.42 Å². The molecule has 4 atom stereocenters. The van der Waals surface area contributed by atoms with Gasteiger partial charge < -0.3 is 9.47 Å². The van der Waals surface area contributed by atoms with E-state index in [0.29, 0.717) is 12.0 Å². The zero-order chi connectivity index (χ0) is 20.4. The molecule has 0 amide bonds. The topological polar surface area (TPSA) is 114 Å². The van der Waals surface area contributed by atoms with Crippen molar-refractivity contribution in [2.45, 2.75) is 57.8 Å². The summed E-state index contributed by atoms with van der Waals surface area (Å²) in [5.74, 6) is -2.39. The van der Waals surface area contributed by atoms with Crippen LogP contribution in [0.3, 0.4) is 0 Å². The van der Waals surface area contributed by atoms with Crippen LogP contribution >= 0.6 is 0 Å². The smallest absolute Gasteiger partial charge is 0.243 e. The molecule has 2 aliphatic rings. The van der Waals surface area contributed by atoms with E-state index >= 15 is 0 Å². The van der Waals surface area contributed by atoms with Crippen LogP contribution in [0.25, 0.3) is 0 Å². The van der Waals surface area contributed by atoms with Crippen LogP contribution in [-0.4, -0.2) is 12.0 Å². The van der Waals surface area contributed by atoms with Crippen molar-refractivity contribution in [2.24, 2.45) is 16.7 Å². The van der Waals surface area contributed by atoms with Gasteiger partial charge in [0.1, 0.15) is 0 Å². The molecule has 6 nitrogen and oxygen atoms in total. The van der Waals surface area contributed by atoms with Gasteiger partial charge >= 0.3 is 0 Å². The second-order valence-corrected chi connectivity index (χ2v) is 7.59.